The molecule has 0 saturated carbocycles. The molecule has 3 atom stereocenters. The molecule has 1 aromatic rings. The Morgan fingerprint density at radius 3 is 2.19 bits per heavy atom. The first-order valence-corrected chi connectivity index (χ1v) is 8.94. The van der Waals surface area contributed by atoms with Crippen LogP contribution in [-0.4, -0.2) is 37.6 Å². The Bertz CT molecular complexity index is 587. The van der Waals surface area contributed by atoms with Gasteiger partial charge in [-0.2, -0.15) is 0 Å². The third-order valence-electron chi connectivity index (χ3n) is 4.07. The van der Waals surface area contributed by atoms with Gasteiger partial charge < -0.3 is 4.90 Å². The molecule has 0 bridgehead atoms. The molecule has 4 nitrogen and oxygen atoms in total. The molecule has 1 aliphatic rings. The van der Waals surface area contributed by atoms with Crippen LogP contribution in [-0.2, 0) is 14.6 Å². The van der Waals surface area contributed by atoms with Gasteiger partial charge in [-0.05, 0) is 37.3 Å². The topological polar surface area (TPSA) is 54.5 Å². The average molecular weight is 309 g/mol. The minimum Gasteiger partial charge on any atom is -0.341 e. The Kier molecular flexibility index (Phi) is 4.71. The molecule has 5 heteroatoms. The van der Waals surface area contributed by atoms with Crippen molar-refractivity contribution in [3.63, 3.8) is 0 Å². The first kappa shape index (κ1) is 16.0. The highest BCUT2D eigenvalue weighted by molar-refractivity contribution is 7.92. The number of rotatable bonds is 3. The number of amides is 1. The molecule has 3 unspecified atom stereocenters. The van der Waals surface area contributed by atoms with Crippen molar-refractivity contribution >= 4 is 15.7 Å². The van der Waals surface area contributed by atoms with Crippen LogP contribution < -0.4 is 0 Å². The van der Waals surface area contributed by atoms with Crippen molar-refractivity contribution in [2.24, 2.45) is 11.8 Å². The highest BCUT2D eigenvalue weighted by Gasteiger charge is 2.35. The van der Waals surface area contributed by atoms with E-state index in [1.54, 1.807) is 35.2 Å². The second-order valence-electron chi connectivity index (χ2n) is 6.19. The highest BCUT2D eigenvalue weighted by atomic mass is 32.2. The molecule has 21 heavy (non-hydrogen) atoms. The van der Waals surface area contributed by atoms with Gasteiger partial charge in [0.15, 0.2) is 9.84 Å². The zero-order valence-electron chi connectivity index (χ0n) is 12.8. The molecule has 1 aromatic carbocycles. The molecule has 0 aromatic heterocycles. The fourth-order valence-electron chi connectivity index (χ4n) is 3.05. The van der Waals surface area contributed by atoms with Crippen molar-refractivity contribution in [3.8, 4) is 0 Å². The van der Waals surface area contributed by atoms with Crippen LogP contribution in [0.2, 0.25) is 0 Å². The number of benzene rings is 1. The van der Waals surface area contributed by atoms with Gasteiger partial charge in [0.05, 0.1) is 4.90 Å². The Morgan fingerprint density at radius 2 is 1.67 bits per heavy atom. The van der Waals surface area contributed by atoms with Crippen molar-refractivity contribution in [3.05, 3.63) is 30.3 Å². The average Bonchev–Trinajstić information content (AvgIpc) is 2.45. The van der Waals surface area contributed by atoms with E-state index in [4.69, 9.17) is 0 Å². The molecule has 0 radical (unpaired) electrons. The fraction of sp³-hybridized carbons (Fsp3) is 0.562. The predicted molar refractivity (Wildman–Crippen MR) is 82.6 cm³/mol. The second-order valence-corrected chi connectivity index (χ2v) is 8.46. The lowest BCUT2D eigenvalue weighted by Gasteiger charge is -2.36. The van der Waals surface area contributed by atoms with Gasteiger partial charge in [0.25, 0.3) is 0 Å². The number of carbonyl (C=O) groups excluding carboxylic acids is 1. The summed E-state index contributed by atoms with van der Waals surface area (Å²) in [6.45, 7) is 7.00. The van der Waals surface area contributed by atoms with E-state index in [-0.39, 0.29) is 10.8 Å². The zero-order valence-corrected chi connectivity index (χ0v) is 13.6. The smallest absolute Gasteiger partial charge is 0.241 e. The summed E-state index contributed by atoms with van der Waals surface area (Å²) in [4.78, 5) is 14.5. The van der Waals surface area contributed by atoms with Gasteiger partial charge in [0.2, 0.25) is 5.91 Å². The van der Waals surface area contributed by atoms with Crippen LogP contribution in [0.25, 0.3) is 0 Å². The Hall–Kier alpha value is -1.36. The molecule has 2 rings (SSSR count). The number of carbonyl (C=O) groups is 1. The molecule has 0 N–H and O–H groups in total. The third-order valence-corrected chi connectivity index (χ3v) is 6.13. The summed E-state index contributed by atoms with van der Waals surface area (Å²) in [5.41, 5.74) is 0. The summed E-state index contributed by atoms with van der Waals surface area (Å²) in [7, 11) is -3.61. The Balaban J connectivity index is 2.19. The number of likely N-dealkylation sites (tertiary alicyclic amines) is 1. The van der Waals surface area contributed by atoms with Crippen molar-refractivity contribution in [2.45, 2.75) is 37.3 Å². The number of piperidine rings is 1. The van der Waals surface area contributed by atoms with Crippen LogP contribution >= 0.6 is 0 Å². The third kappa shape index (κ3) is 3.46. The van der Waals surface area contributed by atoms with Crippen molar-refractivity contribution in [1.82, 2.24) is 4.90 Å². The van der Waals surface area contributed by atoms with E-state index in [0.717, 1.165) is 6.42 Å². The maximum Gasteiger partial charge on any atom is 0.241 e. The van der Waals surface area contributed by atoms with Crippen LogP contribution in [0.4, 0.5) is 0 Å². The summed E-state index contributed by atoms with van der Waals surface area (Å²) in [5, 5.41) is -1.03. The summed E-state index contributed by atoms with van der Waals surface area (Å²) in [5.74, 6) is 0.561. The Labute approximate surface area is 127 Å². The van der Waals surface area contributed by atoms with E-state index in [9.17, 15) is 13.2 Å². The quantitative estimate of drug-likeness (QED) is 0.861. The number of sulfone groups is 1. The Morgan fingerprint density at radius 1 is 1.14 bits per heavy atom. The summed E-state index contributed by atoms with van der Waals surface area (Å²) in [6.07, 6.45) is 1.09. The van der Waals surface area contributed by atoms with Crippen molar-refractivity contribution in [1.29, 1.82) is 0 Å². The standard InChI is InChI=1S/C16H23NO3S/c1-12-9-13(2)11-17(10-12)16(18)14(3)21(19,20)15-7-5-4-6-8-15/h4-8,12-14H,9-11H2,1-3H3. The van der Waals surface area contributed by atoms with Crippen LogP contribution in [0.15, 0.2) is 35.2 Å². The molecule has 1 aliphatic heterocycles. The molecule has 0 aliphatic carbocycles. The minimum absolute atomic E-state index is 0.212. The predicted octanol–water partition coefficient (Wildman–Crippen LogP) is 2.35. The fourth-order valence-corrected chi connectivity index (χ4v) is 4.41. The molecule has 1 amide bonds. The van der Waals surface area contributed by atoms with Gasteiger partial charge in [-0.3, -0.25) is 4.79 Å². The van der Waals surface area contributed by atoms with Gasteiger partial charge in [-0.15, -0.1) is 0 Å². The van der Waals surface area contributed by atoms with E-state index >= 15 is 0 Å². The molecule has 1 heterocycles. The lowest BCUT2D eigenvalue weighted by atomic mass is 9.92. The lowest BCUT2D eigenvalue weighted by molar-refractivity contribution is -0.133. The van der Waals surface area contributed by atoms with Crippen LogP contribution in [0.3, 0.4) is 0 Å². The first-order valence-electron chi connectivity index (χ1n) is 7.40. The van der Waals surface area contributed by atoms with Crippen LogP contribution in [0.1, 0.15) is 27.2 Å². The molecule has 0 spiro atoms. The normalized spacial score (nSPS) is 24.6. The maximum absolute atomic E-state index is 12.6. The van der Waals surface area contributed by atoms with E-state index in [1.165, 1.54) is 6.92 Å². The monoisotopic (exact) mass is 309 g/mol. The molecular formula is C16H23NO3S. The van der Waals surface area contributed by atoms with E-state index < -0.39 is 15.1 Å². The largest absolute Gasteiger partial charge is 0.341 e. The summed E-state index contributed by atoms with van der Waals surface area (Å²) in [6, 6.07) is 8.20. The number of nitrogens with zero attached hydrogens (tertiary/aromatic N) is 1. The van der Waals surface area contributed by atoms with Crippen LogP contribution in [0, 0.1) is 11.8 Å². The van der Waals surface area contributed by atoms with E-state index in [2.05, 4.69) is 13.8 Å². The first-order chi connectivity index (χ1) is 9.82. The maximum atomic E-state index is 12.6. The number of hydrogen-bond acceptors (Lipinski definition) is 3. The molecule has 116 valence electrons. The van der Waals surface area contributed by atoms with Crippen molar-refractivity contribution < 1.29 is 13.2 Å². The van der Waals surface area contributed by atoms with Crippen LogP contribution in [0.5, 0.6) is 0 Å². The lowest BCUT2D eigenvalue weighted by Crippen LogP contribution is -2.48. The molecule has 1 fully saturated rings. The van der Waals surface area contributed by atoms with E-state index in [1.807, 2.05) is 0 Å². The zero-order chi connectivity index (χ0) is 15.6. The molecule has 1 saturated heterocycles. The van der Waals surface area contributed by atoms with Gasteiger partial charge in [-0.1, -0.05) is 32.0 Å². The van der Waals surface area contributed by atoms with Crippen molar-refractivity contribution in [2.75, 3.05) is 13.1 Å². The van der Waals surface area contributed by atoms with Gasteiger partial charge >= 0.3 is 0 Å². The van der Waals surface area contributed by atoms with E-state index in [0.29, 0.717) is 24.9 Å². The van der Waals surface area contributed by atoms with Gasteiger partial charge in [0.1, 0.15) is 5.25 Å². The minimum atomic E-state index is -3.61. The summed E-state index contributed by atoms with van der Waals surface area (Å²) < 4.78 is 25.1. The molecular weight excluding hydrogens is 286 g/mol. The SMILES string of the molecule is CC1CC(C)CN(C(=O)C(C)S(=O)(=O)c2ccccc2)C1. The van der Waals surface area contributed by atoms with Gasteiger partial charge in [0, 0.05) is 13.1 Å². The highest BCUT2D eigenvalue weighted by Crippen LogP contribution is 2.24. The second kappa shape index (κ2) is 6.18. The number of hydrogen-bond donors (Lipinski definition) is 0. The summed E-state index contributed by atoms with van der Waals surface area (Å²) >= 11 is 0. The van der Waals surface area contributed by atoms with Gasteiger partial charge in [-0.25, -0.2) is 8.42 Å².